The van der Waals surface area contributed by atoms with Crippen LogP contribution in [0.15, 0.2) is 28.7 Å². The number of carbonyl (C=O) groups is 2. The predicted molar refractivity (Wildman–Crippen MR) is 83.8 cm³/mol. The van der Waals surface area contributed by atoms with Gasteiger partial charge in [-0.25, -0.2) is 0 Å². The van der Waals surface area contributed by atoms with Gasteiger partial charge in [-0.15, -0.1) is 0 Å². The number of hydrogen-bond acceptors (Lipinski definition) is 3. The summed E-state index contributed by atoms with van der Waals surface area (Å²) in [7, 11) is 1.77. The number of halogens is 1. The minimum atomic E-state index is -0.0511. The second-order valence-corrected chi connectivity index (χ2v) is 6.22. The standard InChI is InChI=1S/C15H21BrN2O2/c1-11(2)8-17-15(20)10-18(3)9-14(19)12-4-6-13(16)7-5-12/h4-7,11H,8-10H2,1-3H3,(H,17,20). The molecule has 4 nitrogen and oxygen atoms in total. The first kappa shape index (κ1) is 16.9. The number of likely N-dealkylation sites (N-methyl/N-ethyl adjacent to an activating group) is 1. The quantitative estimate of drug-likeness (QED) is 0.775. The third-order valence-electron chi connectivity index (χ3n) is 2.70. The summed E-state index contributed by atoms with van der Waals surface area (Å²) in [6.45, 7) is 5.21. The highest BCUT2D eigenvalue weighted by atomic mass is 79.9. The molecule has 0 atom stereocenters. The molecule has 1 amide bonds. The van der Waals surface area contributed by atoms with E-state index in [1.807, 2.05) is 26.0 Å². The number of rotatable bonds is 7. The number of ketones is 1. The summed E-state index contributed by atoms with van der Waals surface area (Å²) in [5.74, 6) is 0.384. The number of Topliss-reactive ketones (excluding diaryl/α,β-unsaturated/α-hetero) is 1. The smallest absolute Gasteiger partial charge is 0.234 e. The number of amides is 1. The van der Waals surface area contributed by atoms with Gasteiger partial charge >= 0.3 is 0 Å². The van der Waals surface area contributed by atoms with Crippen molar-refractivity contribution in [2.45, 2.75) is 13.8 Å². The van der Waals surface area contributed by atoms with Crippen LogP contribution in [0.3, 0.4) is 0 Å². The summed E-state index contributed by atoms with van der Waals surface area (Å²) >= 11 is 3.33. The van der Waals surface area contributed by atoms with E-state index < -0.39 is 0 Å². The van der Waals surface area contributed by atoms with Crippen molar-refractivity contribution in [1.82, 2.24) is 10.2 Å². The van der Waals surface area contributed by atoms with Gasteiger partial charge in [-0.05, 0) is 25.1 Å². The van der Waals surface area contributed by atoms with Crippen LogP contribution in [-0.2, 0) is 4.79 Å². The Labute approximate surface area is 128 Å². The first-order valence-corrected chi connectivity index (χ1v) is 7.41. The number of nitrogens with one attached hydrogen (secondary N) is 1. The fourth-order valence-electron chi connectivity index (χ4n) is 1.65. The molecule has 0 spiro atoms. The van der Waals surface area contributed by atoms with Crippen molar-refractivity contribution >= 4 is 27.6 Å². The SMILES string of the molecule is CC(C)CNC(=O)CN(C)CC(=O)c1ccc(Br)cc1. The van der Waals surface area contributed by atoms with Crippen LogP contribution in [0.25, 0.3) is 0 Å². The second-order valence-electron chi connectivity index (χ2n) is 5.30. The molecule has 0 bridgehead atoms. The van der Waals surface area contributed by atoms with Crippen molar-refractivity contribution in [2.24, 2.45) is 5.92 Å². The van der Waals surface area contributed by atoms with E-state index in [4.69, 9.17) is 0 Å². The van der Waals surface area contributed by atoms with Gasteiger partial charge in [0.05, 0.1) is 13.1 Å². The molecule has 0 fully saturated rings. The lowest BCUT2D eigenvalue weighted by molar-refractivity contribution is -0.121. The highest BCUT2D eigenvalue weighted by molar-refractivity contribution is 9.10. The molecule has 20 heavy (non-hydrogen) atoms. The molecular weight excluding hydrogens is 320 g/mol. The molecule has 0 aliphatic rings. The number of hydrogen-bond donors (Lipinski definition) is 1. The molecule has 1 N–H and O–H groups in total. The van der Waals surface area contributed by atoms with Gasteiger partial charge in [-0.2, -0.15) is 0 Å². The van der Waals surface area contributed by atoms with Crippen LogP contribution in [-0.4, -0.2) is 43.3 Å². The molecular formula is C15H21BrN2O2. The number of carbonyl (C=O) groups excluding carboxylic acids is 2. The molecule has 0 aromatic heterocycles. The van der Waals surface area contributed by atoms with Crippen LogP contribution in [0.5, 0.6) is 0 Å². The molecule has 0 aliphatic carbocycles. The Morgan fingerprint density at radius 1 is 1.20 bits per heavy atom. The third kappa shape index (κ3) is 6.30. The van der Waals surface area contributed by atoms with Crippen LogP contribution in [0.1, 0.15) is 24.2 Å². The Morgan fingerprint density at radius 3 is 2.35 bits per heavy atom. The van der Waals surface area contributed by atoms with E-state index >= 15 is 0 Å². The average molecular weight is 341 g/mol. The predicted octanol–water partition coefficient (Wildman–Crippen LogP) is 2.34. The Bertz CT molecular complexity index is 457. The molecule has 0 heterocycles. The van der Waals surface area contributed by atoms with Gasteiger partial charge in [0.15, 0.2) is 5.78 Å². The van der Waals surface area contributed by atoms with E-state index in [9.17, 15) is 9.59 Å². The van der Waals surface area contributed by atoms with Gasteiger partial charge in [-0.1, -0.05) is 41.9 Å². The molecule has 0 saturated carbocycles. The maximum Gasteiger partial charge on any atom is 0.234 e. The Morgan fingerprint density at radius 2 is 1.80 bits per heavy atom. The van der Waals surface area contributed by atoms with E-state index in [1.54, 1.807) is 24.1 Å². The van der Waals surface area contributed by atoms with Gasteiger partial charge < -0.3 is 5.32 Å². The van der Waals surface area contributed by atoms with Crippen molar-refractivity contribution in [2.75, 3.05) is 26.7 Å². The Kier molecular flexibility index (Phi) is 6.88. The summed E-state index contributed by atoms with van der Waals surface area (Å²) < 4.78 is 0.940. The Balaban J connectivity index is 2.41. The van der Waals surface area contributed by atoms with Gasteiger partial charge in [0.1, 0.15) is 0 Å². The Hall–Kier alpha value is -1.20. The van der Waals surface area contributed by atoms with E-state index in [1.165, 1.54) is 0 Å². The zero-order chi connectivity index (χ0) is 15.1. The van der Waals surface area contributed by atoms with E-state index in [2.05, 4.69) is 21.2 Å². The minimum absolute atomic E-state index is 0.0108. The molecule has 1 rings (SSSR count). The normalized spacial score (nSPS) is 10.9. The van der Waals surface area contributed by atoms with Crippen molar-refractivity contribution in [1.29, 1.82) is 0 Å². The molecule has 5 heteroatoms. The van der Waals surface area contributed by atoms with Crippen molar-refractivity contribution in [3.63, 3.8) is 0 Å². The largest absolute Gasteiger partial charge is 0.355 e. The van der Waals surface area contributed by atoms with E-state index in [0.717, 1.165) is 4.47 Å². The molecule has 1 aromatic rings. The van der Waals surface area contributed by atoms with Crippen LogP contribution >= 0.6 is 15.9 Å². The van der Waals surface area contributed by atoms with Gasteiger partial charge in [-0.3, -0.25) is 14.5 Å². The lowest BCUT2D eigenvalue weighted by atomic mass is 10.1. The van der Waals surface area contributed by atoms with Crippen LogP contribution < -0.4 is 5.32 Å². The van der Waals surface area contributed by atoms with Gasteiger partial charge in [0.2, 0.25) is 5.91 Å². The summed E-state index contributed by atoms with van der Waals surface area (Å²) in [5, 5.41) is 2.84. The lowest BCUT2D eigenvalue weighted by Gasteiger charge is -2.16. The second kappa shape index (κ2) is 8.17. The van der Waals surface area contributed by atoms with Crippen LogP contribution in [0.2, 0.25) is 0 Å². The molecule has 1 aromatic carbocycles. The summed E-state index contributed by atoms with van der Waals surface area (Å²) in [6, 6.07) is 7.23. The first-order valence-electron chi connectivity index (χ1n) is 6.62. The minimum Gasteiger partial charge on any atom is -0.355 e. The summed E-state index contributed by atoms with van der Waals surface area (Å²) in [6.07, 6.45) is 0. The van der Waals surface area contributed by atoms with Crippen molar-refractivity contribution in [3.05, 3.63) is 34.3 Å². The fourth-order valence-corrected chi connectivity index (χ4v) is 1.91. The molecule has 110 valence electrons. The lowest BCUT2D eigenvalue weighted by Crippen LogP contribution is -2.38. The average Bonchev–Trinajstić information content (AvgIpc) is 2.36. The topological polar surface area (TPSA) is 49.4 Å². The monoisotopic (exact) mass is 340 g/mol. The van der Waals surface area contributed by atoms with E-state index in [0.29, 0.717) is 18.0 Å². The highest BCUT2D eigenvalue weighted by Gasteiger charge is 2.12. The maximum atomic E-state index is 12.0. The molecule has 0 radical (unpaired) electrons. The molecule has 0 saturated heterocycles. The number of benzene rings is 1. The van der Waals surface area contributed by atoms with Gasteiger partial charge in [0, 0.05) is 16.6 Å². The van der Waals surface area contributed by atoms with E-state index in [-0.39, 0.29) is 24.8 Å². The summed E-state index contributed by atoms with van der Waals surface area (Å²) in [5.41, 5.74) is 0.655. The fraction of sp³-hybridized carbons (Fsp3) is 0.467. The van der Waals surface area contributed by atoms with Crippen LogP contribution in [0.4, 0.5) is 0 Å². The van der Waals surface area contributed by atoms with Crippen molar-refractivity contribution < 1.29 is 9.59 Å². The maximum absolute atomic E-state index is 12.0. The zero-order valence-electron chi connectivity index (χ0n) is 12.1. The molecule has 0 unspecified atom stereocenters. The van der Waals surface area contributed by atoms with Crippen LogP contribution in [0, 0.1) is 5.92 Å². The summed E-state index contributed by atoms with van der Waals surface area (Å²) in [4.78, 5) is 25.4. The molecule has 0 aliphatic heterocycles. The zero-order valence-corrected chi connectivity index (χ0v) is 13.7. The third-order valence-corrected chi connectivity index (χ3v) is 3.23. The first-order chi connectivity index (χ1) is 9.38. The number of nitrogens with zero attached hydrogens (tertiary/aromatic N) is 1. The van der Waals surface area contributed by atoms with Crippen molar-refractivity contribution in [3.8, 4) is 0 Å². The van der Waals surface area contributed by atoms with Gasteiger partial charge in [0.25, 0.3) is 0 Å². The highest BCUT2D eigenvalue weighted by Crippen LogP contribution is 2.11.